The Kier molecular flexibility index (Phi) is 5.37. The third-order valence-electron chi connectivity index (χ3n) is 3.66. The SMILES string of the molecule is CCN(CC)C(=O)CSc1nc2scc(-c3cccs3)c2c(=O)[nH]1. The zero-order chi connectivity index (χ0) is 17.1. The van der Waals surface area contributed by atoms with Crippen molar-refractivity contribution in [3.8, 4) is 10.4 Å². The molecule has 3 rings (SSSR count). The Hall–Kier alpha value is -1.64. The number of aromatic nitrogens is 2. The van der Waals surface area contributed by atoms with Crippen molar-refractivity contribution in [1.82, 2.24) is 14.9 Å². The van der Waals surface area contributed by atoms with E-state index in [1.807, 2.05) is 36.7 Å². The molecule has 0 spiro atoms. The fourth-order valence-corrected chi connectivity index (χ4v) is 4.99. The van der Waals surface area contributed by atoms with Crippen molar-refractivity contribution in [3.63, 3.8) is 0 Å². The molecule has 24 heavy (non-hydrogen) atoms. The zero-order valence-electron chi connectivity index (χ0n) is 13.4. The van der Waals surface area contributed by atoms with Crippen LogP contribution >= 0.6 is 34.4 Å². The summed E-state index contributed by atoms with van der Waals surface area (Å²) < 4.78 is 0. The monoisotopic (exact) mass is 379 g/mol. The first kappa shape index (κ1) is 17.2. The third kappa shape index (κ3) is 3.40. The molecule has 0 atom stereocenters. The molecule has 0 aromatic carbocycles. The highest BCUT2D eigenvalue weighted by Crippen LogP contribution is 2.34. The zero-order valence-corrected chi connectivity index (χ0v) is 15.8. The van der Waals surface area contributed by atoms with E-state index in [-0.39, 0.29) is 17.2 Å². The predicted molar refractivity (Wildman–Crippen MR) is 102 cm³/mol. The molecular weight excluding hydrogens is 362 g/mol. The van der Waals surface area contributed by atoms with Crippen LogP contribution in [0.1, 0.15) is 13.8 Å². The van der Waals surface area contributed by atoms with Crippen LogP contribution < -0.4 is 5.56 Å². The first-order valence-corrected chi connectivity index (χ1v) is 10.3. The Morgan fingerprint density at radius 1 is 1.33 bits per heavy atom. The molecule has 3 aromatic rings. The number of thioether (sulfide) groups is 1. The molecule has 5 nitrogen and oxygen atoms in total. The van der Waals surface area contributed by atoms with Gasteiger partial charge in [-0.05, 0) is 25.3 Å². The normalized spacial score (nSPS) is 11.1. The van der Waals surface area contributed by atoms with E-state index in [1.54, 1.807) is 16.2 Å². The van der Waals surface area contributed by atoms with E-state index in [2.05, 4.69) is 9.97 Å². The number of nitrogens with zero attached hydrogens (tertiary/aromatic N) is 2. The third-order valence-corrected chi connectivity index (χ3v) is 6.29. The van der Waals surface area contributed by atoms with E-state index in [4.69, 9.17) is 0 Å². The fourth-order valence-electron chi connectivity index (χ4n) is 2.41. The van der Waals surface area contributed by atoms with Crippen molar-refractivity contribution in [3.05, 3.63) is 33.2 Å². The number of carbonyl (C=O) groups excluding carboxylic acids is 1. The average molecular weight is 380 g/mol. The minimum Gasteiger partial charge on any atom is -0.343 e. The Morgan fingerprint density at radius 3 is 2.79 bits per heavy atom. The van der Waals surface area contributed by atoms with E-state index in [0.717, 1.165) is 10.4 Å². The number of hydrogen-bond acceptors (Lipinski definition) is 6. The number of hydrogen-bond donors (Lipinski definition) is 1. The summed E-state index contributed by atoms with van der Waals surface area (Å²) in [7, 11) is 0. The molecule has 0 aliphatic carbocycles. The molecule has 0 saturated carbocycles. The summed E-state index contributed by atoms with van der Waals surface area (Å²) in [5.74, 6) is 0.331. The van der Waals surface area contributed by atoms with Crippen LogP contribution in [0.5, 0.6) is 0 Å². The van der Waals surface area contributed by atoms with Crippen molar-refractivity contribution in [1.29, 1.82) is 0 Å². The molecule has 0 aliphatic heterocycles. The van der Waals surface area contributed by atoms with Gasteiger partial charge in [0.1, 0.15) is 4.83 Å². The van der Waals surface area contributed by atoms with Crippen LogP contribution in [0.2, 0.25) is 0 Å². The van der Waals surface area contributed by atoms with Crippen LogP contribution in [0.15, 0.2) is 32.8 Å². The highest BCUT2D eigenvalue weighted by atomic mass is 32.2. The van der Waals surface area contributed by atoms with Crippen molar-refractivity contribution >= 4 is 50.6 Å². The predicted octanol–water partition coefficient (Wildman–Crippen LogP) is 3.67. The van der Waals surface area contributed by atoms with Crippen LogP contribution in [0.4, 0.5) is 0 Å². The van der Waals surface area contributed by atoms with Crippen LogP contribution in [-0.4, -0.2) is 39.6 Å². The maximum absolute atomic E-state index is 12.5. The van der Waals surface area contributed by atoms with Crippen molar-refractivity contribution < 1.29 is 4.79 Å². The number of fused-ring (bicyclic) bond motifs is 1. The number of carbonyl (C=O) groups is 1. The van der Waals surface area contributed by atoms with E-state index < -0.39 is 0 Å². The van der Waals surface area contributed by atoms with Crippen molar-refractivity contribution in [2.45, 2.75) is 19.0 Å². The van der Waals surface area contributed by atoms with Crippen LogP contribution in [0.25, 0.3) is 20.7 Å². The Bertz CT molecular complexity index is 895. The van der Waals surface area contributed by atoms with Gasteiger partial charge in [0.15, 0.2) is 5.16 Å². The van der Waals surface area contributed by atoms with Gasteiger partial charge in [-0.15, -0.1) is 22.7 Å². The first-order valence-electron chi connectivity index (χ1n) is 7.60. The Balaban J connectivity index is 1.85. The van der Waals surface area contributed by atoms with Gasteiger partial charge >= 0.3 is 0 Å². The van der Waals surface area contributed by atoms with Gasteiger partial charge in [0, 0.05) is 28.9 Å². The summed E-state index contributed by atoms with van der Waals surface area (Å²) in [6, 6.07) is 3.96. The number of amides is 1. The lowest BCUT2D eigenvalue weighted by Gasteiger charge is -2.17. The van der Waals surface area contributed by atoms with E-state index in [9.17, 15) is 9.59 Å². The molecule has 0 saturated heterocycles. The van der Waals surface area contributed by atoms with E-state index in [0.29, 0.717) is 28.5 Å². The highest BCUT2D eigenvalue weighted by Gasteiger charge is 2.15. The fraction of sp³-hybridized carbons (Fsp3) is 0.312. The maximum Gasteiger partial charge on any atom is 0.260 e. The lowest BCUT2D eigenvalue weighted by Crippen LogP contribution is -2.32. The minimum atomic E-state index is -0.151. The van der Waals surface area contributed by atoms with Gasteiger partial charge in [0.2, 0.25) is 5.91 Å². The second-order valence-corrected chi connectivity index (χ2v) is 7.80. The lowest BCUT2D eigenvalue weighted by atomic mass is 10.2. The van der Waals surface area contributed by atoms with Gasteiger partial charge in [-0.2, -0.15) is 0 Å². The topological polar surface area (TPSA) is 66.1 Å². The Labute approximate surface area is 151 Å². The smallest absolute Gasteiger partial charge is 0.260 e. The summed E-state index contributed by atoms with van der Waals surface area (Å²) in [5, 5.41) is 5.08. The molecule has 8 heteroatoms. The number of thiophene rings is 2. The summed E-state index contributed by atoms with van der Waals surface area (Å²) in [6.45, 7) is 5.29. The second-order valence-electron chi connectivity index (χ2n) is 5.03. The van der Waals surface area contributed by atoms with E-state index in [1.165, 1.54) is 23.1 Å². The summed E-state index contributed by atoms with van der Waals surface area (Å²) in [4.78, 5) is 35.4. The lowest BCUT2D eigenvalue weighted by molar-refractivity contribution is -0.127. The molecule has 0 fully saturated rings. The van der Waals surface area contributed by atoms with Crippen LogP contribution in [-0.2, 0) is 4.79 Å². The van der Waals surface area contributed by atoms with E-state index >= 15 is 0 Å². The summed E-state index contributed by atoms with van der Waals surface area (Å²) in [5.41, 5.74) is 0.775. The Morgan fingerprint density at radius 2 is 2.12 bits per heavy atom. The maximum atomic E-state index is 12.5. The molecule has 3 aromatic heterocycles. The van der Waals surface area contributed by atoms with Crippen molar-refractivity contribution in [2.24, 2.45) is 0 Å². The highest BCUT2D eigenvalue weighted by molar-refractivity contribution is 7.99. The van der Waals surface area contributed by atoms with Crippen LogP contribution in [0, 0.1) is 0 Å². The molecular formula is C16H17N3O2S3. The molecule has 1 N–H and O–H groups in total. The average Bonchev–Trinajstić information content (AvgIpc) is 3.23. The molecule has 0 aliphatic rings. The summed E-state index contributed by atoms with van der Waals surface area (Å²) in [6.07, 6.45) is 0. The molecule has 3 heterocycles. The van der Waals surface area contributed by atoms with Gasteiger partial charge in [0.25, 0.3) is 5.56 Å². The number of H-pyrrole nitrogens is 1. The molecule has 0 bridgehead atoms. The van der Waals surface area contributed by atoms with Gasteiger partial charge in [-0.25, -0.2) is 4.98 Å². The van der Waals surface area contributed by atoms with Gasteiger partial charge < -0.3 is 9.88 Å². The number of aromatic amines is 1. The quantitative estimate of drug-likeness (QED) is 0.524. The van der Waals surface area contributed by atoms with Gasteiger partial charge in [-0.1, -0.05) is 17.8 Å². The second kappa shape index (κ2) is 7.50. The van der Waals surface area contributed by atoms with Gasteiger partial charge in [-0.3, -0.25) is 9.59 Å². The van der Waals surface area contributed by atoms with Gasteiger partial charge in [0.05, 0.1) is 11.1 Å². The standard InChI is InChI=1S/C16H17N3O2S3/c1-3-19(4-2)12(20)9-24-16-17-14(21)13-10(8-23-15(13)18-16)11-6-5-7-22-11/h5-8H,3-4,9H2,1-2H3,(H,17,18,21). The minimum absolute atomic E-state index is 0.0539. The molecule has 0 unspecified atom stereocenters. The number of rotatable bonds is 6. The molecule has 1 amide bonds. The first-order chi connectivity index (χ1) is 11.6. The number of nitrogens with one attached hydrogen (secondary N) is 1. The molecule has 0 radical (unpaired) electrons. The largest absolute Gasteiger partial charge is 0.343 e. The van der Waals surface area contributed by atoms with Crippen molar-refractivity contribution in [2.75, 3.05) is 18.8 Å². The van der Waals surface area contributed by atoms with Crippen LogP contribution in [0.3, 0.4) is 0 Å². The molecule has 126 valence electrons. The summed E-state index contributed by atoms with van der Waals surface area (Å²) >= 11 is 4.33.